The first-order valence-electron chi connectivity index (χ1n) is 9.79. The van der Waals surface area contributed by atoms with Crippen molar-refractivity contribution in [2.75, 3.05) is 13.7 Å². The molecule has 11 nitrogen and oxygen atoms in total. The molecular weight excluding hydrogens is 454 g/mol. The summed E-state index contributed by atoms with van der Waals surface area (Å²) in [6, 6.07) is 5.61. The van der Waals surface area contributed by atoms with Crippen LogP contribution in [0.25, 0.3) is 0 Å². The van der Waals surface area contributed by atoms with E-state index in [-0.39, 0.29) is 6.54 Å². The fraction of sp³-hybridized carbons (Fsp3) is 0.429. The number of amides is 1. The maximum Gasteiger partial charge on any atom is 0.409 e. The van der Waals surface area contributed by atoms with E-state index in [0.29, 0.717) is 17.1 Å². The quantitative estimate of drug-likeness (QED) is 0.108. The van der Waals surface area contributed by atoms with E-state index < -0.39 is 49.2 Å². The first kappa shape index (κ1) is 27.4. The van der Waals surface area contributed by atoms with Gasteiger partial charge >= 0.3 is 12.1 Å². The summed E-state index contributed by atoms with van der Waals surface area (Å²) in [5.41, 5.74) is -1.48. The Morgan fingerprint density at radius 2 is 1.97 bits per heavy atom. The molecule has 0 aliphatic heterocycles. The molecule has 33 heavy (non-hydrogen) atoms. The zero-order chi connectivity index (χ0) is 25.2. The number of hydrogen-bond acceptors (Lipinski definition) is 8. The smallest absolute Gasteiger partial charge is 0.409 e. The lowest BCUT2D eigenvalue weighted by molar-refractivity contribution is -0.387. The number of unbranched alkanes of at least 4 members (excludes halogenated alkanes) is 1. The highest BCUT2D eigenvalue weighted by Crippen LogP contribution is 2.26. The van der Waals surface area contributed by atoms with E-state index in [4.69, 9.17) is 4.74 Å². The van der Waals surface area contributed by atoms with Crippen LogP contribution in [0.5, 0.6) is 0 Å². The van der Waals surface area contributed by atoms with Gasteiger partial charge in [0, 0.05) is 18.7 Å². The van der Waals surface area contributed by atoms with Crippen LogP contribution in [0.3, 0.4) is 0 Å². The van der Waals surface area contributed by atoms with Crippen molar-refractivity contribution in [1.29, 1.82) is 0 Å². The van der Waals surface area contributed by atoms with Crippen molar-refractivity contribution < 1.29 is 32.4 Å². The van der Waals surface area contributed by atoms with Crippen LogP contribution in [0.4, 0.5) is 10.5 Å². The maximum absolute atomic E-state index is 13.2. The summed E-state index contributed by atoms with van der Waals surface area (Å²) in [5.74, 6) is 1.40. The van der Waals surface area contributed by atoms with Crippen molar-refractivity contribution in [2.45, 2.75) is 50.2 Å². The molecule has 1 aromatic rings. The number of para-hydroxylation sites is 1. The lowest BCUT2D eigenvalue weighted by Crippen LogP contribution is -2.43. The summed E-state index contributed by atoms with van der Waals surface area (Å²) in [5, 5.41) is 13.5. The molecule has 0 aromatic heterocycles. The Hall–Kier alpha value is -3.59. The van der Waals surface area contributed by atoms with Crippen molar-refractivity contribution in [3.8, 4) is 12.0 Å². The molecular formula is C21H27N3O8S. The number of nitrogens with one attached hydrogen (secondary N) is 1. The van der Waals surface area contributed by atoms with Gasteiger partial charge in [0.25, 0.3) is 15.7 Å². The highest BCUT2D eigenvalue weighted by atomic mass is 32.2. The average Bonchev–Trinajstić information content (AvgIpc) is 2.73. The molecule has 0 saturated carbocycles. The molecule has 0 aliphatic carbocycles. The van der Waals surface area contributed by atoms with E-state index in [9.17, 15) is 28.1 Å². The van der Waals surface area contributed by atoms with Crippen LogP contribution in [-0.4, -0.2) is 55.0 Å². The van der Waals surface area contributed by atoms with Crippen molar-refractivity contribution in [3.63, 3.8) is 0 Å². The number of nitro benzene ring substituents is 1. The zero-order valence-corrected chi connectivity index (χ0v) is 19.7. The molecule has 1 rings (SSSR count). The van der Waals surface area contributed by atoms with Crippen LogP contribution >= 0.6 is 0 Å². The number of alkyl carbamates (subject to hydrolysis) is 1. The van der Waals surface area contributed by atoms with Gasteiger partial charge in [-0.1, -0.05) is 18.2 Å². The Kier molecular flexibility index (Phi) is 9.87. The van der Waals surface area contributed by atoms with Crippen molar-refractivity contribution in [2.24, 2.45) is 0 Å². The number of hydrogen-bond donors (Lipinski definition) is 1. The van der Waals surface area contributed by atoms with Crippen molar-refractivity contribution in [1.82, 2.24) is 9.62 Å². The van der Waals surface area contributed by atoms with Gasteiger partial charge in [-0.2, -0.15) is 0 Å². The Labute approximate surface area is 192 Å². The number of allylic oxidation sites excluding steroid dienone is 1. The predicted octanol–water partition coefficient (Wildman–Crippen LogP) is 2.58. The van der Waals surface area contributed by atoms with Crippen LogP contribution in [0, 0.1) is 22.1 Å². The summed E-state index contributed by atoms with van der Waals surface area (Å²) < 4.78 is 36.7. The van der Waals surface area contributed by atoms with Crippen molar-refractivity contribution >= 4 is 27.8 Å². The van der Waals surface area contributed by atoms with E-state index in [2.05, 4.69) is 28.6 Å². The standard InChI is InChI=1S/C21H27N3O8S/c1-6-7-10-14-23(33(29,30)18-12-9-8-11-17(18)24(27)28)15-13-16(19(25)31-5)22-20(26)32-21(2,3)4/h6,8-9,11-12,16H,1,7,10,14H2,2-5H3,(H,22,26). The summed E-state index contributed by atoms with van der Waals surface area (Å²) in [6.45, 7) is 8.28. The van der Waals surface area contributed by atoms with E-state index in [0.717, 1.165) is 19.2 Å². The minimum absolute atomic E-state index is 0.145. The van der Waals surface area contributed by atoms with Crippen LogP contribution in [-0.2, 0) is 24.3 Å². The summed E-state index contributed by atoms with van der Waals surface area (Å²) in [4.78, 5) is 34.1. The normalized spacial score (nSPS) is 11.9. The highest BCUT2D eigenvalue weighted by molar-refractivity contribution is 7.89. The number of sulfonamides is 1. The molecule has 180 valence electrons. The second kappa shape index (κ2) is 11.9. The van der Waals surface area contributed by atoms with Gasteiger partial charge in [0.15, 0.2) is 10.9 Å². The Bertz CT molecular complexity index is 1050. The van der Waals surface area contributed by atoms with Gasteiger partial charge < -0.3 is 9.47 Å². The minimum atomic E-state index is -4.45. The topological polar surface area (TPSA) is 145 Å². The molecule has 0 spiro atoms. The number of carbonyl (C=O) groups excluding carboxylic acids is 2. The lowest BCUT2D eigenvalue weighted by Gasteiger charge is -2.21. The van der Waals surface area contributed by atoms with E-state index >= 15 is 0 Å². The predicted molar refractivity (Wildman–Crippen MR) is 119 cm³/mol. The van der Waals surface area contributed by atoms with E-state index in [1.165, 1.54) is 12.1 Å². The number of nitrogens with zero attached hydrogens (tertiary/aromatic N) is 2. The molecule has 0 fully saturated rings. The number of ether oxygens (including phenoxy) is 2. The van der Waals surface area contributed by atoms with E-state index in [1.807, 2.05) is 0 Å². The molecule has 0 heterocycles. The average molecular weight is 482 g/mol. The SMILES string of the molecule is C=CCCCN(C#CC(NC(=O)OC(C)(C)C)C(=O)OC)S(=O)(=O)c1ccccc1[N+](=O)[O-]. The second-order valence-corrected chi connectivity index (χ2v) is 9.42. The lowest BCUT2D eigenvalue weighted by atomic mass is 10.2. The molecule has 0 bridgehead atoms. The first-order valence-corrected chi connectivity index (χ1v) is 11.2. The molecule has 1 N–H and O–H groups in total. The second-order valence-electron chi connectivity index (χ2n) is 7.59. The fourth-order valence-corrected chi connectivity index (χ4v) is 3.83. The van der Waals surface area contributed by atoms with Crippen molar-refractivity contribution in [3.05, 3.63) is 47.0 Å². The summed E-state index contributed by atoms with van der Waals surface area (Å²) >= 11 is 0. The molecule has 1 unspecified atom stereocenters. The molecule has 1 amide bonds. The van der Waals surface area contributed by atoms with Gasteiger partial charge in [-0.3, -0.25) is 15.4 Å². The summed E-state index contributed by atoms with van der Waals surface area (Å²) in [6.07, 6.45) is 1.36. The first-order chi connectivity index (χ1) is 15.3. The molecule has 12 heteroatoms. The molecule has 0 radical (unpaired) electrons. The van der Waals surface area contributed by atoms with Crippen LogP contribution in [0.15, 0.2) is 41.8 Å². The van der Waals surface area contributed by atoms with Gasteiger partial charge in [-0.05, 0) is 45.6 Å². The molecule has 0 saturated heterocycles. The van der Waals surface area contributed by atoms with Gasteiger partial charge in [0.05, 0.1) is 12.0 Å². The molecule has 1 aromatic carbocycles. The number of benzene rings is 1. The maximum atomic E-state index is 13.2. The van der Waals surface area contributed by atoms with Crippen LogP contribution in [0.2, 0.25) is 0 Å². The van der Waals surface area contributed by atoms with E-state index in [1.54, 1.807) is 26.8 Å². The number of esters is 1. The number of nitro groups is 1. The Balaban J connectivity index is 3.39. The van der Waals surface area contributed by atoms with Gasteiger partial charge in [0.1, 0.15) is 5.60 Å². The summed E-state index contributed by atoms with van der Waals surface area (Å²) in [7, 11) is -3.39. The largest absolute Gasteiger partial charge is 0.467 e. The van der Waals surface area contributed by atoms with Crippen LogP contribution in [0.1, 0.15) is 33.6 Å². The third kappa shape index (κ3) is 8.46. The number of rotatable bonds is 9. The van der Waals surface area contributed by atoms with Gasteiger partial charge in [-0.15, -0.1) is 6.58 Å². The van der Waals surface area contributed by atoms with Gasteiger partial charge in [-0.25, -0.2) is 22.3 Å². The Morgan fingerprint density at radius 1 is 1.33 bits per heavy atom. The minimum Gasteiger partial charge on any atom is -0.467 e. The third-order valence-corrected chi connectivity index (χ3v) is 5.59. The third-order valence-electron chi connectivity index (χ3n) is 3.83. The number of methoxy groups -OCH3 is 1. The Morgan fingerprint density at radius 3 is 2.52 bits per heavy atom. The fourth-order valence-electron chi connectivity index (χ4n) is 2.39. The van der Waals surface area contributed by atoms with Crippen LogP contribution < -0.4 is 5.32 Å². The monoisotopic (exact) mass is 481 g/mol. The molecule has 1 atom stereocenters. The van der Waals surface area contributed by atoms with Gasteiger partial charge in [0.2, 0.25) is 0 Å². The number of carbonyl (C=O) groups is 2. The molecule has 0 aliphatic rings. The zero-order valence-electron chi connectivity index (χ0n) is 18.9. The highest BCUT2D eigenvalue weighted by Gasteiger charge is 2.30.